The van der Waals surface area contributed by atoms with E-state index in [4.69, 9.17) is 9.47 Å². The Hall–Kier alpha value is -1.06. The van der Waals surface area contributed by atoms with E-state index in [9.17, 15) is 9.59 Å². The van der Waals surface area contributed by atoms with Gasteiger partial charge in [0, 0.05) is 0 Å². The van der Waals surface area contributed by atoms with Crippen LogP contribution in [0.25, 0.3) is 0 Å². The minimum atomic E-state index is -0.545. The zero-order chi connectivity index (χ0) is 17.6. The number of hydrogen-bond acceptors (Lipinski definition) is 4. The van der Waals surface area contributed by atoms with Crippen LogP contribution >= 0.6 is 0 Å². The van der Waals surface area contributed by atoms with Crippen molar-refractivity contribution in [2.75, 3.05) is 14.2 Å². The average Bonchev–Trinajstić information content (AvgIpc) is 3.44. The van der Waals surface area contributed by atoms with E-state index in [1.54, 1.807) is 14.2 Å². The van der Waals surface area contributed by atoms with Crippen LogP contribution in [0.15, 0.2) is 0 Å². The summed E-state index contributed by atoms with van der Waals surface area (Å²) in [6.45, 7) is 0. The largest absolute Gasteiger partial charge is 0.469 e. The van der Waals surface area contributed by atoms with Gasteiger partial charge >= 0.3 is 11.9 Å². The van der Waals surface area contributed by atoms with Gasteiger partial charge in [-0.3, -0.25) is 9.59 Å². The van der Waals surface area contributed by atoms with Gasteiger partial charge in [0.05, 0.1) is 25.0 Å². The minimum Gasteiger partial charge on any atom is -0.469 e. The van der Waals surface area contributed by atoms with Crippen molar-refractivity contribution in [3.63, 3.8) is 0 Å². The fraction of sp³-hybridized carbons (Fsp3) is 0.909. The molecule has 0 radical (unpaired) electrons. The molecule has 4 nitrogen and oxygen atoms in total. The summed E-state index contributed by atoms with van der Waals surface area (Å²) in [5, 5.41) is 0. The summed E-state index contributed by atoms with van der Waals surface area (Å²) in [6, 6.07) is 0. The molecule has 4 unspecified atom stereocenters. The molecule has 0 spiro atoms. The van der Waals surface area contributed by atoms with Crippen LogP contribution in [0.3, 0.4) is 0 Å². The monoisotopic (exact) mass is 356 g/mol. The highest BCUT2D eigenvalue weighted by Crippen LogP contribution is 2.97. The molecule has 0 amide bonds. The SMILES string of the molecule is COC(=O)C12[C@@H]3C4C5[C@H]1[C@H]1CCC[C@@H]1[C@H]5C2(C(=O)OC)[C@H]4[C@H]1CCC[C@H]13. The summed E-state index contributed by atoms with van der Waals surface area (Å²) in [5.41, 5.74) is -1.09. The second-order valence-electron chi connectivity index (χ2n) is 10.5. The summed E-state index contributed by atoms with van der Waals surface area (Å²) in [5.74, 6) is 5.35. The van der Waals surface area contributed by atoms with Crippen molar-refractivity contribution in [1.29, 1.82) is 0 Å². The Balaban J connectivity index is 1.54. The Bertz CT molecular complexity index is 644. The lowest BCUT2D eigenvalue weighted by Gasteiger charge is -2.57. The van der Waals surface area contributed by atoms with Gasteiger partial charge in [-0.15, -0.1) is 0 Å². The van der Waals surface area contributed by atoms with Crippen molar-refractivity contribution < 1.29 is 19.1 Å². The average molecular weight is 356 g/mol. The molecule has 140 valence electrons. The molecule has 8 aliphatic rings. The van der Waals surface area contributed by atoms with Gasteiger partial charge in [0.1, 0.15) is 0 Å². The predicted molar refractivity (Wildman–Crippen MR) is 91.5 cm³/mol. The molecule has 8 fully saturated rings. The number of esters is 2. The molecule has 8 rings (SSSR count). The van der Waals surface area contributed by atoms with Crippen molar-refractivity contribution in [3.05, 3.63) is 0 Å². The first-order chi connectivity index (χ1) is 12.7. The molecule has 8 bridgehead atoms. The van der Waals surface area contributed by atoms with Gasteiger partial charge < -0.3 is 9.47 Å². The lowest BCUT2D eigenvalue weighted by molar-refractivity contribution is -0.208. The van der Waals surface area contributed by atoms with E-state index in [1.807, 2.05) is 0 Å². The number of ether oxygens (including phenoxy) is 2. The zero-order valence-corrected chi connectivity index (χ0v) is 15.6. The van der Waals surface area contributed by atoms with Crippen LogP contribution in [0, 0.1) is 70.0 Å². The molecule has 26 heavy (non-hydrogen) atoms. The van der Waals surface area contributed by atoms with Gasteiger partial charge in [0.25, 0.3) is 0 Å². The third kappa shape index (κ3) is 1.02. The second-order valence-corrected chi connectivity index (χ2v) is 10.5. The fourth-order valence-electron chi connectivity index (χ4n) is 11.7. The quantitative estimate of drug-likeness (QED) is 0.714. The molecule has 0 aliphatic heterocycles. The first-order valence-electron chi connectivity index (χ1n) is 10.8. The van der Waals surface area contributed by atoms with Gasteiger partial charge in [0.2, 0.25) is 0 Å². The maximum Gasteiger partial charge on any atom is 0.313 e. The predicted octanol–water partition coefficient (Wildman–Crippen LogP) is 2.90. The molecule has 8 aliphatic carbocycles. The van der Waals surface area contributed by atoms with Gasteiger partial charge in [-0.05, 0) is 84.9 Å². The molecule has 4 heteroatoms. The second kappa shape index (κ2) is 4.17. The number of fused-ring (bicyclic) bond motifs is 2. The van der Waals surface area contributed by atoms with Gasteiger partial charge in [-0.1, -0.05) is 12.8 Å². The van der Waals surface area contributed by atoms with Crippen molar-refractivity contribution in [2.45, 2.75) is 38.5 Å². The molecule has 0 aromatic carbocycles. The van der Waals surface area contributed by atoms with Crippen LogP contribution in [-0.4, -0.2) is 26.2 Å². The molecular weight excluding hydrogens is 328 g/mol. The maximum atomic E-state index is 13.6. The minimum absolute atomic E-state index is 0.0499. The molecule has 0 heterocycles. The molecule has 0 aromatic heterocycles. The highest BCUT2D eigenvalue weighted by Gasteiger charge is 3.00. The molecular formula is C22H28O4. The number of methoxy groups -OCH3 is 2. The van der Waals surface area contributed by atoms with Gasteiger partial charge in [-0.2, -0.15) is 0 Å². The lowest BCUT2D eigenvalue weighted by Crippen LogP contribution is -2.65. The van der Waals surface area contributed by atoms with Crippen LogP contribution in [0.2, 0.25) is 0 Å². The van der Waals surface area contributed by atoms with E-state index < -0.39 is 10.8 Å². The Morgan fingerprint density at radius 3 is 1.23 bits per heavy atom. The van der Waals surface area contributed by atoms with Crippen LogP contribution in [0.4, 0.5) is 0 Å². The Labute approximate surface area is 154 Å². The van der Waals surface area contributed by atoms with Crippen molar-refractivity contribution >= 4 is 11.9 Å². The third-order valence-corrected chi connectivity index (χ3v) is 11.0. The molecule has 0 saturated heterocycles. The van der Waals surface area contributed by atoms with Crippen LogP contribution in [-0.2, 0) is 19.1 Å². The number of carbonyl (C=O) groups is 2. The smallest absolute Gasteiger partial charge is 0.313 e. The molecule has 0 N–H and O–H groups in total. The van der Waals surface area contributed by atoms with E-state index in [0.717, 1.165) is 0 Å². The fourth-order valence-corrected chi connectivity index (χ4v) is 11.7. The topological polar surface area (TPSA) is 52.6 Å². The highest BCUT2D eigenvalue weighted by molar-refractivity contribution is 5.94. The Morgan fingerprint density at radius 2 is 0.962 bits per heavy atom. The van der Waals surface area contributed by atoms with Crippen LogP contribution < -0.4 is 0 Å². The van der Waals surface area contributed by atoms with Crippen molar-refractivity contribution in [2.24, 2.45) is 70.0 Å². The summed E-state index contributed by atoms with van der Waals surface area (Å²) in [6.07, 6.45) is 7.59. The maximum absolute atomic E-state index is 13.6. The molecule has 0 aromatic rings. The highest BCUT2D eigenvalue weighted by atomic mass is 16.5. The third-order valence-electron chi connectivity index (χ3n) is 11.0. The van der Waals surface area contributed by atoms with Crippen molar-refractivity contribution in [3.8, 4) is 0 Å². The first kappa shape index (κ1) is 14.9. The first-order valence-corrected chi connectivity index (χ1v) is 10.8. The van der Waals surface area contributed by atoms with E-state index in [0.29, 0.717) is 59.2 Å². The summed E-state index contributed by atoms with van der Waals surface area (Å²) >= 11 is 0. The number of carbonyl (C=O) groups excluding carboxylic acids is 2. The van der Waals surface area contributed by atoms with Gasteiger partial charge in [0.15, 0.2) is 0 Å². The zero-order valence-electron chi connectivity index (χ0n) is 15.6. The Kier molecular flexibility index (Phi) is 2.40. The van der Waals surface area contributed by atoms with E-state index >= 15 is 0 Å². The normalized spacial score (nSPS) is 64.2. The summed E-state index contributed by atoms with van der Waals surface area (Å²) in [4.78, 5) is 27.2. The molecule has 8 saturated carbocycles. The van der Waals surface area contributed by atoms with Crippen molar-refractivity contribution in [1.82, 2.24) is 0 Å². The summed E-state index contributed by atoms with van der Waals surface area (Å²) in [7, 11) is 3.09. The number of rotatable bonds is 2. The van der Waals surface area contributed by atoms with Crippen LogP contribution in [0.1, 0.15) is 38.5 Å². The lowest BCUT2D eigenvalue weighted by atomic mass is 9.43. The summed E-state index contributed by atoms with van der Waals surface area (Å²) < 4.78 is 11.1. The van der Waals surface area contributed by atoms with Crippen LogP contribution in [0.5, 0.6) is 0 Å². The van der Waals surface area contributed by atoms with Gasteiger partial charge in [-0.25, -0.2) is 0 Å². The molecule has 12 atom stereocenters. The van der Waals surface area contributed by atoms with E-state index in [2.05, 4.69) is 0 Å². The Morgan fingerprint density at radius 1 is 0.654 bits per heavy atom. The van der Waals surface area contributed by atoms with E-state index in [-0.39, 0.29) is 11.9 Å². The van der Waals surface area contributed by atoms with E-state index in [1.165, 1.54) is 38.5 Å². The standard InChI is InChI=1S/C22H28O4/c1-25-19(23)21-15-9-5-3-7-11(9)17-13(15)14-16(21)10-6-4-8-12(10)18(14)22(17,21)20(24)26-2/h9-18H,3-8H2,1-2H3/t9-,10-,11-,12+,13?,14?,15+,16-,17+,18-,21?,22?/m0/s1. The number of hydrogen-bond donors (Lipinski definition) is 0.